The van der Waals surface area contributed by atoms with E-state index in [-0.39, 0.29) is 0 Å². The number of fused-ring (bicyclic) bond motifs is 1. The lowest BCUT2D eigenvalue weighted by atomic mass is 10.1. The highest BCUT2D eigenvalue weighted by atomic mass is 16.7. The van der Waals surface area contributed by atoms with E-state index in [9.17, 15) is 0 Å². The van der Waals surface area contributed by atoms with Crippen molar-refractivity contribution < 1.29 is 14.2 Å². The normalized spacial score (nSPS) is 17.7. The van der Waals surface area contributed by atoms with Crippen molar-refractivity contribution in [2.24, 2.45) is 0 Å². The second-order valence-corrected chi connectivity index (χ2v) is 6.39. The molecule has 0 spiro atoms. The molecule has 1 fully saturated rings. The molecule has 5 nitrogen and oxygen atoms in total. The lowest BCUT2D eigenvalue weighted by Gasteiger charge is -2.28. The maximum Gasteiger partial charge on any atom is 0.231 e. The van der Waals surface area contributed by atoms with Crippen LogP contribution in [0.1, 0.15) is 31.7 Å². The number of nitrogens with zero attached hydrogens (tertiary/aromatic N) is 2. The second-order valence-electron chi connectivity index (χ2n) is 6.39. The van der Waals surface area contributed by atoms with Crippen molar-refractivity contribution in [2.45, 2.75) is 32.7 Å². The van der Waals surface area contributed by atoms with Gasteiger partial charge >= 0.3 is 0 Å². The van der Waals surface area contributed by atoms with Crippen LogP contribution in [0.15, 0.2) is 12.1 Å². The zero-order chi connectivity index (χ0) is 16.1. The molecule has 2 aliphatic heterocycles. The van der Waals surface area contributed by atoms with Crippen molar-refractivity contribution in [3.8, 4) is 17.2 Å². The number of likely N-dealkylation sites (tertiary alicyclic amines) is 1. The van der Waals surface area contributed by atoms with E-state index in [4.69, 9.17) is 14.2 Å². The Kier molecular flexibility index (Phi) is 5.62. The van der Waals surface area contributed by atoms with E-state index >= 15 is 0 Å². The summed E-state index contributed by atoms with van der Waals surface area (Å²) in [5.74, 6) is 2.52. The molecular formula is C18H28N2O3. The number of hydrogen-bond donors (Lipinski definition) is 0. The van der Waals surface area contributed by atoms with E-state index < -0.39 is 0 Å². The predicted octanol–water partition coefficient (Wildman–Crippen LogP) is 2.73. The Labute approximate surface area is 139 Å². The van der Waals surface area contributed by atoms with Gasteiger partial charge in [0.2, 0.25) is 6.79 Å². The molecule has 0 radical (unpaired) electrons. The summed E-state index contributed by atoms with van der Waals surface area (Å²) >= 11 is 0. The maximum absolute atomic E-state index is 5.78. The topological polar surface area (TPSA) is 34.2 Å². The molecule has 0 aliphatic carbocycles. The molecule has 5 heteroatoms. The summed E-state index contributed by atoms with van der Waals surface area (Å²) in [7, 11) is 2.17. The van der Waals surface area contributed by atoms with Crippen LogP contribution in [0.25, 0.3) is 0 Å². The Hall–Kier alpha value is -1.46. The summed E-state index contributed by atoms with van der Waals surface area (Å²) < 4.78 is 16.7. The number of benzene rings is 1. The zero-order valence-corrected chi connectivity index (χ0v) is 14.3. The van der Waals surface area contributed by atoms with E-state index in [2.05, 4.69) is 22.9 Å². The lowest BCUT2D eigenvalue weighted by Crippen LogP contribution is -2.36. The van der Waals surface area contributed by atoms with Gasteiger partial charge in [-0.2, -0.15) is 0 Å². The van der Waals surface area contributed by atoms with Crippen LogP contribution in [0, 0.1) is 0 Å². The molecule has 2 heterocycles. The van der Waals surface area contributed by atoms with Gasteiger partial charge in [-0.05, 0) is 46.0 Å². The van der Waals surface area contributed by atoms with Crippen LogP contribution in [0.2, 0.25) is 0 Å². The molecule has 0 N–H and O–H groups in total. The van der Waals surface area contributed by atoms with E-state index in [1.807, 2.05) is 13.0 Å². The van der Waals surface area contributed by atoms with Crippen molar-refractivity contribution >= 4 is 0 Å². The molecule has 23 heavy (non-hydrogen) atoms. The first-order valence-electron chi connectivity index (χ1n) is 8.72. The molecule has 3 rings (SSSR count). The number of ether oxygens (including phenoxy) is 3. The summed E-state index contributed by atoms with van der Waals surface area (Å²) in [5.41, 5.74) is 1.16. The number of hydrogen-bond acceptors (Lipinski definition) is 5. The first kappa shape index (κ1) is 16.4. The van der Waals surface area contributed by atoms with Gasteiger partial charge in [0.1, 0.15) is 5.75 Å². The molecule has 0 unspecified atom stereocenters. The average molecular weight is 320 g/mol. The lowest BCUT2D eigenvalue weighted by molar-refractivity contribution is 0.173. The van der Waals surface area contributed by atoms with Gasteiger partial charge in [0.25, 0.3) is 0 Å². The fourth-order valence-electron chi connectivity index (χ4n) is 3.24. The van der Waals surface area contributed by atoms with Crippen LogP contribution in [-0.2, 0) is 6.54 Å². The second kappa shape index (κ2) is 7.88. The molecule has 2 aliphatic rings. The fraction of sp³-hybridized carbons (Fsp3) is 0.667. The van der Waals surface area contributed by atoms with Crippen molar-refractivity contribution in [1.29, 1.82) is 0 Å². The number of piperidine rings is 1. The van der Waals surface area contributed by atoms with Gasteiger partial charge in [-0.15, -0.1) is 0 Å². The first-order chi connectivity index (χ1) is 11.3. The Morgan fingerprint density at radius 2 is 1.87 bits per heavy atom. The monoisotopic (exact) mass is 320 g/mol. The van der Waals surface area contributed by atoms with Crippen LogP contribution < -0.4 is 14.2 Å². The highest BCUT2D eigenvalue weighted by Crippen LogP contribution is 2.38. The Morgan fingerprint density at radius 3 is 2.61 bits per heavy atom. The van der Waals surface area contributed by atoms with Crippen LogP contribution in [0.5, 0.6) is 17.2 Å². The van der Waals surface area contributed by atoms with Gasteiger partial charge in [0.05, 0.1) is 6.61 Å². The minimum Gasteiger partial charge on any atom is -0.493 e. The van der Waals surface area contributed by atoms with Gasteiger partial charge < -0.3 is 24.0 Å². The van der Waals surface area contributed by atoms with Gasteiger partial charge in [-0.3, -0.25) is 0 Å². The smallest absolute Gasteiger partial charge is 0.231 e. The number of likely N-dealkylation sites (N-methyl/N-ethyl adjacent to an activating group) is 1. The van der Waals surface area contributed by atoms with E-state index in [0.29, 0.717) is 13.4 Å². The van der Waals surface area contributed by atoms with E-state index in [0.717, 1.165) is 42.4 Å². The van der Waals surface area contributed by atoms with Gasteiger partial charge in [-0.1, -0.05) is 6.42 Å². The minimum atomic E-state index is 0.301. The Balaban J connectivity index is 1.59. The standard InChI is InChI=1S/C18H28N2O3/c1-3-21-16-12-18-17(22-14-23-18)11-15(16)13-19(2)9-10-20-7-5-4-6-8-20/h11-12H,3-10,13-14H2,1-2H3. The Bertz CT molecular complexity index is 515. The molecule has 0 atom stereocenters. The maximum atomic E-state index is 5.78. The molecule has 1 saturated heterocycles. The van der Waals surface area contributed by atoms with Crippen molar-refractivity contribution in [3.63, 3.8) is 0 Å². The molecule has 0 aromatic heterocycles. The van der Waals surface area contributed by atoms with Crippen molar-refractivity contribution in [2.75, 3.05) is 46.6 Å². The average Bonchev–Trinajstić information content (AvgIpc) is 3.01. The zero-order valence-electron chi connectivity index (χ0n) is 14.3. The largest absolute Gasteiger partial charge is 0.493 e. The molecule has 0 saturated carbocycles. The quantitative estimate of drug-likeness (QED) is 0.772. The van der Waals surface area contributed by atoms with Gasteiger partial charge in [0, 0.05) is 31.3 Å². The SMILES string of the molecule is CCOc1cc2c(cc1CN(C)CCN1CCCCC1)OCO2. The van der Waals surface area contributed by atoms with Crippen molar-refractivity contribution in [1.82, 2.24) is 9.80 Å². The van der Waals surface area contributed by atoms with Crippen LogP contribution in [0.4, 0.5) is 0 Å². The number of rotatable bonds is 7. The molecule has 128 valence electrons. The molecule has 1 aromatic rings. The molecule has 1 aromatic carbocycles. The summed E-state index contributed by atoms with van der Waals surface area (Å²) in [5, 5.41) is 0. The summed E-state index contributed by atoms with van der Waals surface area (Å²) in [4.78, 5) is 4.93. The fourth-order valence-corrected chi connectivity index (χ4v) is 3.24. The minimum absolute atomic E-state index is 0.301. The summed E-state index contributed by atoms with van der Waals surface area (Å²) in [6.45, 7) is 8.54. The van der Waals surface area contributed by atoms with Crippen molar-refractivity contribution in [3.05, 3.63) is 17.7 Å². The predicted molar refractivity (Wildman–Crippen MR) is 90.4 cm³/mol. The van der Waals surface area contributed by atoms with E-state index in [1.54, 1.807) is 0 Å². The third-order valence-electron chi connectivity index (χ3n) is 4.54. The third kappa shape index (κ3) is 4.30. The van der Waals surface area contributed by atoms with Crippen LogP contribution in [-0.4, -0.2) is 56.4 Å². The van der Waals surface area contributed by atoms with Gasteiger partial charge in [-0.25, -0.2) is 0 Å². The first-order valence-corrected chi connectivity index (χ1v) is 8.72. The molecule has 0 bridgehead atoms. The summed E-state index contributed by atoms with van der Waals surface area (Å²) in [6, 6.07) is 4.02. The summed E-state index contributed by atoms with van der Waals surface area (Å²) in [6.07, 6.45) is 4.09. The third-order valence-corrected chi connectivity index (χ3v) is 4.54. The van der Waals surface area contributed by atoms with E-state index in [1.165, 1.54) is 32.4 Å². The molecule has 0 amide bonds. The van der Waals surface area contributed by atoms with Crippen LogP contribution in [0.3, 0.4) is 0 Å². The van der Waals surface area contributed by atoms with Gasteiger partial charge in [0.15, 0.2) is 11.5 Å². The highest BCUT2D eigenvalue weighted by Gasteiger charge is 2.19. The molecular weight excluding hydrogens is 292 g/mol. The van der Waals surface area contributed by atoms with Crippen LogP contribution >= 0.6 is 0 Å². The highest BCUT2D eigenvalue weighted by molar-refractivity contribution is 5.51. The Morgan fingerprint density at radius 1 is 1.13 bits per heavy atom.